The van der Waals surface area contributed by atoms with Gasteiger partial charge >= 0.3 is 0 Å². The number of carbonyl (C=O) groups excluding carboxylic acids is 1. The molecule has 2 N–H and O–H groups in total. The summed E-state index contributed by atoms with van der Waals surface area (Å²) in [4.78, 5) is 17.1. The molecule has 2 aromatic heterocycles. The number of nitriles is 1. The van der Waals surface area contributed by atoms with Gasteiger partial charge in [-0.15, -0.1) is 11.3 Å². The lowest BCUT2D eigenvalue weighted by Crippen LogP contribution is -2.28. The van der Waals surface area contributed by atoms with E-state index in [0.717, 1.165) is 5.52 Å². The van der Waals surface area contributed by atoms with E-state index in [1.807, 2.05) is 24.4 Å². The van der Waals surface area contributed by atoms with Crippen molar-refractivity contribution in [1.82, 2.24) is 10.3 Å². The molecule has 1 unspecified atom stereocenters. The van der Waals surface area contributed by atoms with Crippen molar-refractivity contribution in [2.45, 2.75) is 5.92 Å². The zero-order valence-corrected chi connectivity index (χ0v) is 15.3. The number of hydrogen-bond donors (Lipinski definition) is 2. The number of nitrogens with zero attached hydrogens (tertiary/aromatic N) is 1. The van der Waals surface area contributed by atoms with Gasteiger partial charge in [0.2, 0.25) is 0 Å². The number of fused-ring (bicyclic) bond motifs is 1. The summed E-state index contributed by atoms with van der Waals surface area (Å²) in [6, 6.07) is 21.1. The van der Waals surface area contributed by atoms with E-state index < -0.39 is 0 Å². The average molecular weight is 371 g/mol. The highest BCUT2D eigenvalue weighted by Crippen LogP contribution is 2.32. The van der Waals surface area contributed by atoms with Crippen LogP contribution in [0.5, 0.6) is 0 Å². The molecule has 0 aliphatic carbocycles. The Hall–Kier alpha value is -3.36. The molecule has 27 heavy (non-hydrogen) atoms. The van der Waals surface area contributed by atoms with Gasteiger partial charge in [-0.25, -0.2) is 0 Å². The molecule has 0 fully saturated rings. The Kier molecular flexibility index (Phi) is 4.73. The minimum Gasteiger partial charge on any atom is -0.361 e. The molecule has 2 heterocycles. The highest BCUT2D eigenvalue weighted by molar-refractivity contribution is 7.10. The molecule has 0 aliphatic rings. The zero-order valence-electron chi connectivity index (χ0n) is 14.5. The molecule has 4 nitrogen and oxygen atoms in total. The number of benzene rings is 2. The van der Waals surface area contributed by atoms with Crippen molar-refractivity contribution in [3.63, 3.8) is 0 Å². The normalized spacial score (nSPS) is 11.8. The number of nitrogens with one attached hydrogen (secondary N) is 2. The van der Waals surface area contributed by atoms with Gasteiger partial charge in [0.05, 0.1) is 11.6 Å². The van der Waals surface area contributed by atoms with E-state index in [0.29, 0.717) is 17.7 Å². The third kappa shape index (κ3) is 3.48. The summed E-state index contributed by atoms with van der Waals surface area (Å²) in [6.45, 7) is 0.501. The van der Waals surface area contributed by atoms with Gasteiger partial charge in [0.1, 0.15) is 0 Å². The van der Waals surface area contributed by atoms with Gasteiger partial charge in [-0.2, -0.15) is 5.26 Å². The number of carbonyl (C=O) groups is 1. The number of hydrogen-bond acceptors (Lipinski definition) is 3. The minimum absolute atomic E-state index is 0.0727. The van der Waals surface area contributed by atoms with Crippen LogP contribution in [-0.2, 0) is 0 Å². The maximum absolute atomic E-state index is 12.6. The van der Waals surface area contributed by atoms with Crippen molar-refractivity contribution in [1.29, 1.82) is 5.26 Å². The Bertz CT molecular complexity index is 1100. The SMILES string of the molecule is N#Cc1ccc(C(=O)NCC(c2cccs2)c2c[nH]c3ccccc23)cc1. The molecule has 0 aliphatic heterocycles. The topological polar surface area (TPSA) is 68.7 Å². The van der Waals surface area contributed by atoms with Gasteiger partial charge in [-0.3, -0.25) is 4.79 Å². The van der Waals surface area contributed by atoms with Crippen LogP contribution in [0.15, 0.2) is 72.2 Å². The quantitative estimate of drug-likeness (QED) is 0.535. The van der Waals surface area contributed by atoms with Crippen LogP contribution in [0.2, 0.25) is 0 Å². The van der Waals surface area contributed by atoms with E-state index in [1.165, 1.54) is 15.8 Å². The van der Waals surface area contributed by atoms with Crippen molar-refractivity contribution in [3.05, 3.63) is 93.8 Å². The third-order valence-electron chi connectivity index (χ3n) is 4.63. The molecule has 0 saturated heterocycles. The molecule has 4 aromatic rings. The number of thiophene rings is 1. The summed E-state index contributed by atoms with van der Waals surface area (Å²) in [5, 5.41) is 15.2. The summed E-state index contributed by atoms with van der Waals surface area (Å²) in [5.74, 6) is -0.0654. The summed E-state index contributed by atoms with van der Waals surface area (Å²) in [5.41, 5.74) is 3.36. The molecule has 0 bridgehead atoms. The monoisotopic (exact) mass is 371 g/mol. The fourth-order valence-corrected chi connectivity index (χ4v) is 4.07. The summed E-state index contributed by atoms with van der Waals surface area (Å²) < 4.78 is 0. The largest absolute Gasteiger partial charge is 0.361 e. The van der Waals surface area contributed by atoms with Crippen molar-refractivity contribution in [2.75, 3.05) is 6.54 Å². The van der Waals surface area contributed by atoms with E-state index in [2.05, 4.69) is 39.9 Å². The second-order valence-corrected chi connectivity index (χ2v) is 7.24. The molecule has 0 spiro atoms. The predicted molar refractivity (Wildman–Crippen MR) is 108 cm³/mol. The second kappa shape index (κ2) is 7.48. The average Bonchev–Trinajstić information content (AvgIpc) is 3.39. The molecule has 1 atom stereocenters. The maximum atomic E-state index is 12.6. The van der Waals surface area contributed by atoms with Gasteiger partial charge in [0.15, 0.2) is 0 Å². The van der Waals surface area contributed by atoms with Crippen LogP contribution in [0.25, 0.3) is 10.9 Å². The maximum Gasteiger partial charge on any atom is 0.251 e. The van der Waals surface area contributed by atoms with Gasteiger partial charge in [-0.05, 0) is 47.3 Å². The first-order chi connectivity index (χ1) is 13.3. The van der Waals surface area contributed by atoms with E-state index in [4.69, 9.17) is 5.26 Å². The Labute approximate surface area is 161 Å². The lowest BCUT2D eigenvalue weighted by Gasteiger charge is -2.16. The molecule has 5 heteroatoms. The molecular formula is C22H17N3OS. The molecule has 0 saturated carbocycles. The summed E-state index contributed by atoms with van der Waals surface area (Å²) in [7, 11) is 0. The van der Waals surface area contributed by atoms with Crippen LogP contribution in [0.1, 0.15) is 32.3 Å². The highest BCUT2D eigenvalue weighted by Gasteiger charge is 2.20. The first kappa shape index (κ1) is 17.1. The van der Waals surface area contributed by atoms with Crippen LogP contribution < -0.4 is 5.32 Å². The van der Waals surface area contributed by atoms with Gasteiger partial charge in [0, 0.05) is 40.0 Å². The van der Waals surface area contributed by atoms with Crippen molar-refractivity contribution < 1.29 is 4.79 Å². The second-order valence-electron chi connectivity index (χ2n) is 6.26. The molecule has 0 radical (unpaired) electrons. The fourth-order valence-electron chi connectivity index (χ4n) is 3.23. The van der Waals surface area contributed by atoms with Crippen molar-refractivity contribution >= 4 is 28.1 Å². The van der Waals surface area contributed by atoms with Crippen LogP contribution >= 0.6 is 11.3 Å². The number of para-hydroxylation sites is 1. The van der Waals surface area contributed by atoms with Crippen molar-refractivity contribution in [3.8, 4) is 6.07 Å². The minimum atomic E-state index is -0.138. The van der Waals surface area contributed by atoms with E-state index >= 15 is 0 Å². The smallest absolute Gasteiger partial charge is 0.251 e. The van der Waals surface area contributed by atoms with E-state index in [1.54, 1.807) is 35.6 Å². The molecule has 1 amide bonds. The first-order valence-electron chi connectivity index (χ1n) is 8.64. The Balaban J connectivity index is 1.59. The van der Waals surface area contributed by atoms with Gasteiger partial charge < -0.3 is 10.3 Å². The lowest BCUT2D eigenvalue weighted by atomic mass is 9.96. The number of rotatable bonds is 5. The Morgan fingerprint density at radius 2 is 1.93 bits per heavy atom. The van der Waals surface area contributed by atoms with E-state index in [9.17, 15) is 4.79 Å². The zero-order chi connectivity index (χ0) is 18.6. The lowest BCUT2D eigenvalue weighted by molar-refractivity contribution is 0.0952. The Morgan fingerprint density at radius 3 is 2.67 bits per heavy atom. The number of H-pyrrole nitrogens is 1. The van der Waals surface area contributed by atoms with E-state index in [-0.39, 0.29) is 11.8 Å². The van der Waals surface area contributed by atoms with Gasteiger partial charge in [-0.1, -0.05) is 24.3 Å². The van der Waals surface area contributed by atoms with Crippen LogP contribution in [-0.4, -0.2) is 17.4 Å². The highest BCUT2D eigenvalue weighted by atomic mass is 32.1. The summed E-state index contributed by atoms with van der Waals surface area (Å²) in [6.07, 6.45) is 2.03. The number of amides is 1. The predicted octanol–water partition coefficient (Wildman–Crippen LogP) is 4.66. The molecule has 4 rings (SSSR count). The standard InChI is InChI=1S/C22H17N3OS/c23-12-15-7-9-16(10-8-15)22(26)25-14-19(21-6-3-11-27-21)18-13-24-20-5-2-1-4-17(18)20/h1-11,13,19,24H,14H2,(H,25,26). The van der Waals surface area contributed by atoms with Gasteiger partial charge in [0.25, 0.3) is 5.91 Å². The van der Waals surface area contributed by atoms with Crippen LogP contribution in [0.4, 0.5) is 0 Å². The van der Waals surface area contributed by atoms with Crippen LogP contribution in [0.3, 0.4) is 0 Å². The molecule has 2 aromatic carbocycles. The Morgan fingerprint density at radius 1 is 1.11 bits per heavy atom. The molecular weight excluding hydrogens is 354 g/mol. The fraction of sp³-hybridized carbons (Fsp3) is 0.0909. The third-order valence-corrected chi connectivity index (χ3v) is 5.61. The number of aromatic amines is 1. The first-order valence-corrected chi connectivity index (χ1v) is 9.52. The van der Waals surface area contributed by atoms with Crippen LogP contribution in [0, 0.1) is 11.3 Å². The number of aromatic nitrogens is 1. The summed E-state index contributed by atoms with van der Waals surface area (Å²) >= 11 is 1.69. The molecule has 132 valence electrons. The van der Waals surface area contributed by atoms with Crippen molar-refractivity contribution in [2.24, 2.45) is 0 Å².